The Hall–Kier alpha value is -3.76. The van der Waals surface area contributed by atoms with E-state index in [1.54, 1.807) is 24.5 Å². The van der Waals surface area contributed by atoms with Crippen LogP contribution in [-0.4, -0.2) is 88.1 Å². The molecule has 1 unspecified atom stereocenters. The van der Waals surface area contributed by atoms with Crippen molar-refractivity contribution in [2.75, 3.05) is 56.2 Å². The number of fused-ring (bicyclic) bond motifs is 1. The van der Waals surface area contributed by atoms with Crippen molar-refractivity contribution in [2.45, 2.75) is 52.6 Å². The Balaban J connectivity index is 1.49. The summed E-state index contributed by atoms with van der Waals surface area (Å²) < 4.78 is 13.9. The Morgan fingerprint density at radius 3 is 2.54 bits per heavy atom. The lowest BCUT2D eigenvalue weighted by Crippen LogP contribution is -2.59. The van der Waals surface area contributed by atoms with E-state index >= 15 is 0 Å². The van der Waals surface area contributed by atoms with Gasteiger partial charge in [0.25, 0.3) is 0 Å². The zero-order valence-electron chi connectivity index (χ0n) is 23.3. The number of aryl methyl sites for hydroxylation is 1. The highest BCUT2D eigenvalue weighted by atomic mass is 16.5. The summed E-state index contributed by atoms with van der Waals surface area (Å²) in [6, 6.07) is 3.73. The van der Waals surface area contributed by atoms with E-state index in [0.29, 0.717) is 43.7 Å². The number of ether oxygens (including phenoxy) is 2. The number of carboxylic acid groups (broad SMARTS) is 1. The topological polar surface area (TPSA) is 109 Å². The van der Waals surface area contributed by atoms with E-state index in [4.69, 9.17) is 19.4 Å². The summed E-state index contributed by atoms with van der Waals surface area (Å²) in [4.78, 5) is 32.2. The SMILES string of the molecule is COc1cc2c(N3CCN(C(=O)O)C(C(C)(C)C)C3)nc(N3CCCC3)nc2cc1OCCCn1ccnc1. The Morgan fingerprint density at radius 1 is 1.08 bits per heavy atom. The molecule has 11 nitrogen and oxygen atoms in total. The third kappa shape index (κ3) is 5.81. The fraction of sp³-hybridized carbons (Fsp3) is 0.571. The molecule has 0 saturated carbocycles. The largest absolute Gasteiger partial charge is 0.493 e. The lowest BCUT2D eigenvalue weighted by atomic mass is 9.84. The van der Waals surface area contributed by atoms with Crippen LogP contribution in [0.5, 0.6) is 11.5 Å². The van der Waals surface area contributed by atoms with Crippen molar-refractivity contribution in [3.05, 3.63) is 30.9 Å². The van der Waals surface area contributed by atoms with Crippen LogP contribution in [0, 0.1) is 5.41 Å². The van der Waals surface area contributed by atoms with Crippen LogP contribution in [0.15, 0.2) is 30.9 Å². The van der Waals surface area contributed by atoms with Crippen LogP contribution in [0.3, 0.4) is 0 Å². The number of piperazine rings is 1. The number of nitrogens with zero attached hydrogens (tertiary/aromatic N) is 7. The van der Waals surface area contributed by atoms with Crippen LogP contribution < -0.4 is 19.3 Å². The number of aromatic nitrogens is 4. The molecule has 0 aliphatic carbocycles. The first kappa shape index (κ1) is 26.8. The van der Waals surface area contributed by atoms with Crippen molar-refractivity contribution in [2.24, 2.45) is 5.41 Å². The number of amides is 1. The Morgan fingerprint density at radius 2 is 1.87 bits per heavy atom. The minimum absolute atomic E-state index is 0.177. The summed E-state index contributed by atoms with van der Waals surface area (Å²) in [5.41, 5.74) is 0.563. The van der Waals surface area contributed by atoms with E-state index in [2.05, 4.69) is 35.6 Å². The molecule has 2 saturated heterocycles. The van der Waals surface area contributed by atoms with E-state index in [9.17, 15) is 9.90 Å². The molecule has 0 spiro atoms. The van der Waals surface area contributed by atoms with Crippen molar-refractivity contribution in [1.29, 1.82) is 0 Å². The van der Waals surface area contributed by atoms with Gasteiger partial charge in [-0.3, -0.25) is 0 Å². The first-order chi connectivity index (χ1) is 18.7. The molecule has 39 heavy (non-hydrogen) atoms. The second-order valence-electron chi connectivity index (χ2n) is 11.4. The first-order valence-corrected chi connectivity index (χ1v) is 13.7. The van der Waals surface area contributed by atoms with E-state index in [1.165, 1.54) is 0 Å². The van der Waals surface area contributed by atoms with Gasteiger partial charge in [0.2, 0.25) is 5.95 Å². The number of carbonyl (C=O) groups is 1. The lowest BCUT2D eigenvalue weighted by Gasteiger charge is -2.46. The van der Waals surface area contributed by atoms with Crippen molar-refractivity contribution < 1.29 is 19.4 Å². The van der Waals surface area contributed by atoms with Gasteiger partial charge < -0.3 is 33.8 Å². The third-order valence-electron chi connectivity index (χ3n) is 7.64. The summed E-state index contributed by atoms with van der Waals surface area (Å²) in [5, 5.41) is 10.7. The lowest BCUT2D eigenvalue weighted by molar-refractivity contribution is 0.0747. The number of methoxy groups -OCH3 is 1. The quantitative estimate of drug-likeness (QED) is 0.424. The van der Waals surface area contributed by atoms with E-state index in [-0.39, 0.29) is 11.5 Å². The highest BCUT2D eigenvalue weighted by Crippen LogP contribution is 2.38. The zero-order valence-corrected chi connectivity index (χ0v) is 23.3. The van der Waals surface area contributed by atoms with Crippen LogP contribution in [-0.2, 0) is 6.54 Å². The molecule has 1 N–H and O–H groups in total. The molecule has 1 atom stereocenters. The molecule has 2 aromatic heterocycles. The summed E-state index contributed by atoms with van der Waals surface area (Å²) in [7, 11) is 1.64. The first-order valence-electron chi connectivity index (χ1n) is 13.7. The fourth-order valence-corrected chi connectivity index (χ4v) is 5.47. The minimum atomic E-state index is -0.878. The van der Waals surface area contributed by atoms with Crippen molar-refractivity contribution >= 4 is 28.8 Å². The molecule has 2 fully saturated rings. The predicted molar refractivity (Wildman–Crippen MR) is 150 cm³/mol. The third-order valence-corrected chi connectivity index (χ3v) is 7.64. The van der Waals surface area contributed by atoms with Crippen LogP contribution in [0.2, 0.25) is 0 Å². The molecule has 3 aromatic rings. The Bertz CT molecular complexity index is 1290. The van der Waals surface area contributed by atoms with Crippen LogP contribution in [0.1, 0.15) is 40.0 Å². The zero-order chi connectivity index (χ0) is 27.6. The van der Waals surface area contributed by atoms with Crippen LogP contribution in [0.4, 0.5) is 16.6 Å². The van der Waals surface area contributed by atoms with Gasteiger partial charge in [0.15, 0.2) is 11.5 Å². The van der Waals surface area contributed by atoms with Gasteiger partial charge in [-0.1, -0.05) is 20.8 Å². The number of hydrogen-bond acceptors (Lipinski definition) is 8. The molecule has 0 bridgehead atoms. The van der Waals surface area contributed by atoms with Gasteiger partial charge in [-0.15, -0.1) is 0 Å². The Labute approximate surface area is 229 Å². The highest BCUT2D eigenvalue weighted by molar-refractivity contribution is 5.93. The maximum atomic E-state index is 12.0. The molecule has 0 radical (unpaired) electrons. The fourth-order valence-electron chi connectivity index (χ4n) is 5.47. The maximum absolute atomic E-state index is 12.0. The molecule has 5 rings (SSSR count). The van der Waals surface area contributed by atoms with Gasteiger partial charge in [0, 0.05) is 63.1 Å². The van der Waals surface area contributed by atoms with Gasteiger partial charge in [-0.05, 0) is 30.7 Å². The number of hydrogen-bond donors (Lipinski definition) is 1. The average Bonchev–Trinajstić information content (AvgIpc) is 3.64. The second kappa shape index (κ2) is 11.2. The molecule has 2 aliphatic heterocycles. The summed E-state index contributed by atoms with van der Waals surface area (Å²) in [6.45, 7) is 11.0. The standard InChI is InChI=1S/C28H39N7O4/c1-28(2,3)24-18-34(13-14-35(24)27(36)37)25-20-16-22(38-4)23(39-15-7-9-32-12-8-29-19-32)17-21(20)30-26(31-25)33-10-5-6-11-33/h8,12,16-17,19,24H,5-7,9-11,13-15,18H2,1-4H3,(H,36,37). The summed E-state index contributed by atoms with van der Waals surface area (Å²) >= 11 is 0. The van der Waals surface area contributed by atoms with Crippen LogP contribution >= 0.6 is 0 Å². The van der Waals surface area contributed by atoms with Crippen LogP contribution in [0.25, 0.3) is 10.9 Å². The van der Waals surface area contributed by atoms with E-state index in [1.807, 2.05) is 22.9 Å². The van der Waals surface area contributed by atoms with Gasteiger partial charge in [0.05, 0.1) is 31.6 Å². The number of anilines is 2. The number of benzene rings is 1. The van der Waals surface area contributed by atoms with Crippen molar-refractivity contribution in [3.63, 3.8) is 0 Å². The van der Waals surface area contributed by atoms with Gasteiger partial charge in [0.1, 0.15) is 5.82 Å². The normalized spacial score (nSPS) is 18.2. The maximum Gasteiger partial charge on any atom is 0.407 e. The molecule has 11 heteroatoms. The summed E-state index contributed by atoms with van der Waals surface area (Å²) in [6.07, 6.45) is 7.70. The highest BCUT2D eigenvalue weighted by Gasteiger charge is 2.39. The smallest absolute Gasteiger partial charge is 0.407 e. The van der Waals surface area contributed by atoms with Crippen molar-refractivity contribution in [1.82, 2.24) is 24.4 Å². The predicted octanol–water partition coefficient (Wildman–Crippen LogP) is 4.12. The molecule has 1 aromatic carbocycles. The van der Waals surface area contributed by atoms with Gasteiger partial charge >= 0.3 is 6.09 Å². The number of imidazole rings is 1. The molecular formula is C28H39N7O4. The summed E-state index contributed by atoms with van der Waals surface area (Å²) in [5.74, 6) is 2.79. The van der Waals surface area contributed by atoms with Gasteiger partial charge in [-0.25, -0.2) is 14.8 Å². The molecular weight excluding hydrogens is 498 g/mol. The van der Waals surface area contributed by atoms with Crippen molar-refractivity contribution in [3.8, 4) is 11.5 Å². The minimum Gasteiger partial charge on any atom is -0.493 e. The van der Waals surface area contributed by atoms with Gasteiger partial charge in [-0.2, -0.15) is 4.98 Å². The van der Waals surface area contributed by atoms with E-state index in [0.717, 1.165) is 55.6 Å². The molecule has 1 amide bonds. The monoisotopic (exact) mass is 537 g/mol. The molecule has 2 aliphatic rings. The molecule has 4 heterocycles. The number of rotatable bonds is 8. The Kier molecular flexibility index (Phi) is 7.67. The van der Waals surface area contributed by atoms with E-state index < -0.39 is 6.09 Å². The molecule has 210 valence electrons. The second-order valence-corrected chi connectivity index (χ2v) is 11.4. The average molecular weight is 538 g/mol.